The Labute approximate surface area is 105 Å². The van der Waals surface area contributed by atoms with Crippen LogP contribution in [0.15, 0.2) is 30.3 Å². The van der Waals surface area contributed by atoms with E-state index in [0.29, 0.717) is 11.4 Å². The molecule has 86 valence electrons. The van der Waals surface area contributed by atoms with Crippen LogP contribution in [0.5, 0.6) is 0 Å². The topological polar surface area (TPSA) is 17.1 Å². The van der Waals surface area contributed by atoms with Crippen molar-refractivity contribution in [1.29, 1.82) is 0 Å². The van der Waals surface area contributed by atoms with E-state index < -0.39 is 5.51 Å². The fourth-order valence-electron chi connectivity index (χ4n) is 2.37. The normalized spacial score (nSPS) is 35.0. The molecule has 1 aromatic carbocycles. The van der Waals surface area contributed by atoms with Crippen molar-refractivity contribution in [2.75, 3.05) is 6.16 Å². The Hall–Kier alpha value is -0.161. The first-order valence-corrected chi connectivity index (χ1v) is 9.97. The summed E-state index contributed by atoms with van der Waals surface area (Å²) in [5, 5.41) is 1.43. The molecule has 3 atom stereocenters. The summed E-state index contributed by atoms with van der Waals surface area (Å²) in [6.07, 6.45) is 1.79. The molecule has 1 aliphatic rings. The van der Waals surface area contributed by atoms with E-state index >= 15 is 0 Å². The number of hydrogen-bond acceptors (Lipinski definition) is 1. The van der Waals surface area contributed by atoms with Crippen LogP contribution in [0.1, 0.15) is 20.3 Å². The molecule has 0 N–H and O–H groups in total. The average molecular weight is 299 g/mol. The van der Waals surface area contributed by atoms with Gasteiger partial charge in [-0.1, -0.05) is 0 Å². The van der Waals surface area contributed by atoms with Crippen LogP contribution in [0.2, 0.25) is 0 Å². The van der Waals surface area contributed by atoms with Crippen LogP contribution in [0.3, 0.4) is 0 Å². The molecule has 0 aromatic heterocycles. The van der Waals surface area contributed by atoms with Crippen molar-refractivity contribution in [2.24, 2.45) is 5.92 Å². The fraction of sp³-hybridized carbons (Fsp3) is 0.462. The van der Waals surface area contributed by atoms with E-state index in [-0.39, 0.29) is 5.92 Å². The Kier molecular flexibility index (Phi) is 3.54. The van der Waals surface area contributed by atoms with Crippen LogP contribution in [0, 0.1) is 5.92 Å². The van der Waals surface area contributed by atoms with Crippen molar-refractivity contribution in [2.45, 2.75) is 25.9 Å². The Balaban J connectivity index is 2.38. The van der Waals surface area contributed by atoms with E-state index in [2.05, 4.69) is 59.3 Å². The van der Waals surface area contributed by atoms with Crippen LogP contribution < -0.4 is 5.30 Å². The van der Waals surface area contributed by atoms with Crippen molar-refractivity contribution < 1.29 is 4.79 Å². The Morgan fingerprint density at radius 1 is 1.25 bits per heavy atom. The maximum atomic E-state index is 11.7. The summed E-state index contributed by atoms with van der Waals surface area (Å²) >= 11 is 3.47. The van der Waals surface area contributed by atoms with Gasteiger partial charge in [-0.2, -0.15) is 0 Å². The predicted molar refractivity (Wildman–Crippen MR) is 71.9 cm³/mol. The first kappa shape index (κ1) is 12.3. The Morgan fingerprint density at radius 3 is 2.50 bits per heavy atom. The molecular weight excluding hydrogens is 282 g/mol. The molecule has 16 heavy (non-hydrogen) atoms. The second-order valence-electron chi connectivity index (χ2n) is 4.73. The van der Waals surface area contributed by atoms with Gasteiger partial charge < -0.3 is 0 Å². The van der Waals surface area contributed by atoms with Gasteiger partial charge in [0, 0.05) is 0 Å². The minimum absolute atomic E-state index is 0.228. The van der Waals surface area contributed by atoms with Crippen molar-refractivity contribution in [3.8, 4) is 0 Å². The summed E-state index contributed by atoms with van der Waals surface area (Å²) in [7, 11) is 0. The zero-order valence-corrected chi connectivity index (χ0v) is 12.3. The van der Waals surface area contributed by atoms with E-state index in [0.717, 1.165) is 12.6 Å². The SMILES string of the molecule is C[C@@H]1CC(=O)[C@@H](C)C[P@@]1(=[Se])c1ccccc1. The summed E-state index contributed by atoms with van der Waals surface area (Å²) in [6.45, 7) is 4.30. The molecule has 0 unspecified atom stereocenters. The van der Waals surface area contributed by atoms with Crippen molar-refractivity contribution in [3.63, 3.8) is 0 Å². The standard InChI is InChI=1S/C13H17OPSe/c1-10-9-15(16,11(2)8-13(10)14)12-6-4-3-5-7-12/h3-7,10-11H,8-9H2,1-2H3/t10-,11+,15-/m0/s1. The van der Waals surface area contributed by atoms with Crippen LogP contribution in [0.4, 0.5) is 0 Å². The van der Waals surface area contributed by atoms with Gasteiger partial charge in [0.05, 0.1) is 0 Å². The number of Topliss-reactive ketones (excluding diaryl/α,β-unsaturated/α-hetero) is 1. The molecule has 0 radical (unpaired) electrons. The molecule has 0 saturated carbocycles. The van der Waals surface area contributed by atoms with E-state index in [1.807, 2.05) is 0 Å². The fourth-order valence-corrected chi connectivity index (χ4v) is 8.26. The molecule has 0 bridgehead atoms. The van der Waals surface area contributed by atoms with Crippen LogP contribution in [0.25, 0.3) is 0 Å². The van der Waals surface area contributed by atoms with Gasteiger partial charge >= 0.3 is 105 Å². The summed E-state index contributed by atoms with van der Waals surface area (Å²) in [4.78, 5) is 11.7. The van der Waals surface area contributed by atoms with Gasteiger partial charge in [-0.15, -0.1) is 0 Å². The van der Waals surface area contributed by atoms with Crippen molar-refractivity contribution in [1.82, 2.24) is 0 Å². The van der Waals surface area contributed by atoms with Gasteiger partial charge in [-0.3, -0.25) is 0 Å². The van der Waals surface area contributed by atoms with Crippen molar-refractivity contribution in [3.05, 3.63) is 30.3 Å². The predicted octanol–water partition coefficient (Wildman–Crippen LogP) is 2.41. The number of benzene rings is 1. The minimum atomic E-state index is -1.25. The first-order valence-electron chi connectivity index (χ1n) is 5.71. The zero-order valence-electron chi connectivity index (χ0n) is 9.72. The van der Waals surface area contributed by atoms with Gasteiger partial charge in [-0.05, 0) is 0 Å². The molecule has 1 aliphatic heterocycles. The van der Waals surface area contributed by atoms with Crippen LogP contribution in [-0.4, -0.2) is 32.7 Å². The number of ketones is 1. The van der Waals surface area contributed by atoms with Gasteiger partial charge in [0.15, 0.2) is 0 Å². The zero-order chi connectivity index (χ0) is 11.8. The first-order chi connectivity index (χ1) is 7.54. The quantitative estimate of drug-likeness (QED) is 0.575. The molecule has 1 saturated heterocycles. The van der Waals surface area contributed by atoms with Gasteiger partial charge in [0.1, 0.15) is 0 Å². The molecule has 1 fully saturated rings. The van der Waals surface area contributed by atoms with E-state index in [1.54, 1.807) is 0 Å². The monoisotopic (exact) mass is 300 g/mol. The number of hydrogen-bond donors (Lipinski definition) is 0. The molecule has 3 heteroatoms. The molecule has 2 rings (SSSR count). The molecule has 1 heterocycles. The third kappa shape index (κ3) is 2.12. The Bertz CT molecular complexity index is 441. The molecule has 1 aromatic rings. The van der Waals surface area contributed by atoms with Gasteiger partial charge in [0.25, 0.3) is 0 Å². The second kappa shape index (κ2) is 4.61. The third-order valence-electron chi connectivity index (χ3n) is 3.50. The summed E-state index contributed by atoms with van der Waals surface area (Å²) in [5.74, 6) is 0.667. The number of carbonyl (C=O) groups excluding carboxylic acids is 1. The number of rotatable bonds is 1. The molecule has 0 spiro atoms. The maximum absolute atomic E-state index is 11.7. The molecular formula is C13H17OPSe. The van der Waals surface area contributed by atoms with E-state index in [4.69, 9.17) is 0 Å². The van der Waals surface area contributed by atoms with Gasteiger partial charge in [-0.25, -0.2) is 0 Å². The van der Waals surface area contributed by atoms with Crippen molar-refractivity contribution >= 4 is 31.7 Å². The summed E-state index contributed by atoms with van der Waals surface area (Å²) < 4.78 is 0. The van der Waals surface area contributed by atoms with Crippen LogP contribution >= 0.6 is 5.51 Å². The molecule has 1 nitrogen and oxygen atoms in total. The number of carbonyl (C=O) groups is 1. The molecule has 0 amide bonds. The molecule has 0 aliphatic carbocycles. The second-order valence-corrected chi connectivity index (χ2v) is 12.2. The summed E-state index contributed by atoms with van der Waals surface area (Å²) in [5.41, 5.74) is -0.747. The van der Waals surface area contributed by atoms with E-state index in [9.17, 15) is 4.79 Å². The van der Waals surface area contributed by atoms with Gasteiger partial charge in [0.2, 0.25) is 0 Å². The van der Waals surface area contributed by atoms with E-state index in [1.165, 1.54) is 5.30 Å². The summed E-state index contributed by atoms with van der Waals surface area (Å²) in [6, 6.07) is 10.7. The average Bonchev–Trinajstić information content (AvgIpc) is 2.28. The van der Waals surface area contributed by atoms with Crippen LogP contribution in [-0.2, 0) is 4.79 Å². The Morgan fingerprint density at radius 2 is 1.88 bits per heavy atom. The third-order valence-corrected chi connectivity index (χ3v) is 11.9.